The Kier molecular flexibility index (Phi) is 5.19. The van der Waals surface area contributed by atoms with Gasteiger partial charge in [-0.25, -0.2) is 9.78 Å². The predicted molar refractivity (Wildman–Crippen MR) is 91.4 cm³/mol. The molecule has 2 N–H and O–H groups in total. The SMILES string of the molecule is CNc1nc(Cl)cc(N2CCC[C@@H](N(C(=O)O)C(C)(C)C)C2)n1. The van der Waals surface area contributed by atoms with Crippen LogP contribution in [0, 0.1) is 0 Å². The first-order valence-electron chi connectivity index (χ1n) is 7.72. The number of nitrogens with one attached hydrogen (secondary N) is 1. The van der Waals surface area contributed by atoms with Crippen molar-refractivity contribution in [1.82, 2.24) is 14.9 Å². The smallest absolute Gasteiger partial charge is 0.408 e. The number of aromatic nitrogens is 2. The summed E-state index contributed by atoms with van der Waals surface area (Å²) in [5.41, 5.74) is -0.445. The minimum absolute atomic E-state index is 0.0759. The van der Waals surface area contributed by atoms with Gasteiger partial charge < -0.3 is 15.3 Å². The first-order valence-corrected chi connectivity index (χ1v) is 8.09. The molecule has 1 aliphatic rings. The van der Waals surface area contributed by atoms with E-state index in [0.29, 0.717) is 17.6 Å². The Bertz CT molecular complexity index is 575. The highest BCUT2D eigenvalue weighted by atomic mass is 35.5. The molecule has 128 valence electrons. The van der Waals surface area contributed by atoms with E-state index in [0.717, 1.165) is 25.2 Å². The highest BCUT2D eigenvalue weighted by Crippen LogP contribution is 2.27. The van der Waals surface area contributed by atoms with Crippen LogP contribution in [0.25, 0.3) is 0 Å². The lowest BCUT2D eigenvalue weighted by molar-refractivity contribution is 0.0647. The molecule has 1 aliphatic heterocycles. The van der Waals surface area contributed by atoms with Crippen LogP contribution in [0.4, 0.5) is 16.6 Å². The van der Waals surface area contributed by atoms with Crippen LogP contribution in [0.5, 0.6) is 0 Å². The number of hydrogen-bond acceptors (Lipinski definition) is 5. The minimum Gasteiger partial charge on any atom is -0.465 e. The number of carboxylic acid groups (broad SMARTS) is 1. The second kappa shape index (κ2) is 6.78. The van der Waals surface area contributed by atoms with Gasteiger partial charge in [0.15, 0.2) is 0 Å². The van der Waals surface area contributed by atoms with Crippen LogP contribution in [-0.2, 0) is 0 Å². The summed E-state index contributed by atoms with van der Waals surface area (Å²) in [6.07, 6.45) is 0.861. The van der Waals surface area contributed by atoms with E-state index in [1.165, 1.54) is 0 Å². The number of carbonyl (C=O) groups is 1. The van der Waals surface area contributed by atoms with E-state index in [1.54, 1.807) is 18.0 Å². The molecule has 1 saturated heterocycles. The molecule has 1 aromatic heterocycles. The molecule has 8 heteroatoms. The van der Waals surface area contributed by atoms with Gasteiger partial charge in [-0.15, -0.1) is 0 Å². The molecule has 0 bridgehead atoms. The maximum Gasteiger partial charge on any atom is 0.408 e. The zero-order valence-corrected chi connectivity index (χ0v) is 14.8. The normalized spacial score (nSPS) is 18.7. The number of amides is 1. The van der Waals surface area contributed by atoms with Crippen molar-refractivity contribution in [3.8, 4) is 0 Å². The summed E-state index contributed by atoms with van der Waals surface area (Å²) < 4.78 is 0. The van der Waals surface area contributed by atoms with Crippen LogP contribution in [-0.4, -0.2) is 57.8 Å². The topological polar surface area (TPSA) is 81.6 Å². The molecular weight excluding hydrogens is 318 g/mol. The van der Waals surface area contributed by atoms with Gasteiger partial charge in [0.25, 0.3) is 0 Å². The maximum absolute atomic E-state index is 11.7. The van der Waals surface area contributed by atoms with Gasteiger partial charge in [-0.2, -0.15) is 4.98 Å². The highest BCUT2D eigenvalue weighted by molar-refractivity contribution is 6.29. The first kappa shape index (κ1) is 17.6. The fourth-order valence-electron chi connectivity index (χ4n) is 3.04. The van der Waals surface area contributed by atoms with Gasteiger partial charge in [0.05, 0.1) is 6.04 Å². The van der Waals surface area contributed by atoms with Crippen molar-refractivity contribution in [1.29, 1.82) is 0 Å². The fraction of sp³-hybridized carbons (Fsp3) is 0.667. The van der Waals surface area contributed by atoms with Crippen molar-refractivity contribution in [3.05, 3.63) is 11.2 Å². The second-order valence-electron chi connectivity index (χ2n) is 6.69. The number of anilines is 2. The quantitative estimate of drug-likeness (QED) is 0.823. The highest BCUT2D eigenvalue weighted by Gasteiger charge is 2.36. The predicted octanol–water partition coefficient (Wildman–Crippen LogP) is 2.92. The summed E-state index contributed by atoms with van der Waals surface area (Å²) in [7, 11) is 1.74. The van der Waals surface area contributed by atoms with Crippen LogP contribution in [0.15, 0.2) is 6.07 Å². The summed E-state index contributed by atoms with van der Waals surface area (Å²) in [5, 5.41) is 12.8. The third kappa shape index (κ3) is 4.16. The molecule has 0 radical (unpaired) electrons. The summed E-state index contributed by atoms with van der Waals surface area (Å²) in [4.78, 5) is 23.8. The lowest BCUT2D eigenvalue weighted by Gasteiger charge is -2.44. The lowest BCUT2D eigenvalue weighted by Crippen LogP contribution is -2.57. The third-order valence-electron chi connectivity index (χ3n) is 3.92. The van der Waals surface area contributed by atoms with E-state index >= 15 is 0 Å². The summed E-state index contributed by atoms with van der Waals surface area (Å²) >= 11 is 6.05. The molecule has 1 amide bonds. The van der Waals surface area contributed by atoms with E-state index in [4.69, 9.17) is 11.6 Å². The average molecular weight is 342 g/mol. The summed E-state index contributed by atoms with van der Waals surface area (Å²) in [6, 6.07) is 1.64. The van der Waals surface area contributed by atoms with Crippen molar-refractivity contribution in [3.63, 3.8) is 0 Å². The first-order chi connectivity index (χ1) is 10.7. The monoisotopic (exact) mass is 341 g/mol. The van der Waals surface area contributed by atoms with E-state index in [2.05, 4.69) is 20.2 Å². The Morgan fingerprint density at radius 2 is 2.17 bits per heavy atom. The molecule has 1 aromatic rings. The van der Waals surface area contributed by atoms with Crippen LogP contribution < -0.4 is 10.2 Å². The van der Waals surface area contributed by atoms with Gasteiger partial charge in [-0.3, -0.25) is 4.90 Å². The Hall–Kier alpha value is -1.76. The van der Waals surface area contributed by atoms with E-state index in [-0.39, 0.29) is 6.04 Å². The molecule has 0 aliphatic carbocycles. The minimum atomic E-state index is -0.888. The van der Waals surface area contributed by atoms with Crippen LogP contribution in [0.1, 0.15) is 33.6 Å². The summed E-state index contributed by atoms with van der Waals surface area (Å²) in [6.45, 7) is 7.17. The van der Waals surface area contributed by atoms with Gasteiger partial charge in [-0.1, -0.05) is 11.6 Å². The third-order valence-corrected chi connectivity index (χ3v) is 4.11. The fourth-order valence-corrected chi connectivity index (χ4v) is 3.22. The molecule has 0 saturated carbocycles. The molecule has 1 fully saturated rings. The summed E-state index contributed by atoms with van der Waals surface area (Å²) in [5.74, 6) is 1.18. The van der Waals surface area contributed by atoms with Crippen LogP contribution in [0.3, 0.4) is 0 Å². The van der Waals surface area contributed by atoms with Crippen molar-refractivity contribution >= 4 is 29.5 Å². The molecule has 7 nitrogen and oxygen atoms in total. The largest absolute Gasteiger partial charge is 0.465 e. The molecule has 23 heavy (non-hydrogen) atoms. The van der Waals surface area contributed by atoms with Crippen molar-refractivity contribution in [2.24, 2.45) is 0 Å². The molecule has 0 unspecified atom stereocenters. The average Bonchev–Trinajstić information content (AvgIpc) is 2.45. The Labute approximate surface area is 141 Å². The zero-order valence-electron chi connectivity index (χ0n) is 14.0. The molecule has 2 heterocycles. The number of rotatable bonds is 3. The maximum atomic E-state index is 11.7. The Morgan fingerprint density at radius 3 is 2.74 bits per heavy atom. The standard InChI is InChI=1S/C15H24ClN5O2/c1-15(2,3)21(14(22)23)10-6-5-7-20(9-10)12-8-11(16)18-13(17-4)19-12/h8,10H,5-7,9H2,1-4H3,(H,22,23)(H,17,18,19)/t10-/m1/s1. The Morgan fingerprint density at radius 1 is 1.48 bits per heavy atom. The zero-order chi connectivity index (χ0) is 17.2. The van der Waals surface area contributed by atoms with Crippen molar-refractivity contribution in [2.45, 2.75) is 45.2 Å². The molecular formula is C15H24ClN5O2. The van der Waals surface area contributed by atoms with Crippen LogP contribution >= 0.6 is 11.6 Å². The van der Waals surface area contributed by atoms with E-state index in [1.807, 2.05) is 20.8 Å². The van der Waals surface area contributed by atoms with Gasteiger partial charge >= 0.3 is 6.09 Å². The molecule has 1 atom stereocenters. The van der Waals surface area contributed by atoms with Crippen LogP contribution in [0.2, 0.25) is 5.15 Å². The number of nitrogens with zero attached hydrogens (tertiary/aromatic N) is 4. The second-order valence-corrected chi connectivity index (χ2v) is 7.08. The molecule has 2 rings (SSSR count). The van der Waals surface area contributed by atoms with Gasteiger partial charge in [0.1, 0.15) is 11.0 Å². The van der Waals surface area contributed by atoms with Gasteiger partial charge in [0, 0.05) is 31.7 Å². The van der Waals surface area contributed by atoms with Gasteiger partial charge in [0.2, 0.25) is 5.95 Å². The van der Waals surface area contributed by atoms with Gasteiger partial charge in [-0.05, 0) is 33.6 Å². The molecule has 0 spiro atoms. The van der Waals surface area contributed by atoms with E-state index < -0.39 is 11.6 Å². The van der Waals surface area contributed by atoms with E-state index in [9.17, 15) is 9.90 Å². The van der Waals surface area contributed by atoms with Crippen molar-refractivity contribution in [2.75, 3.05) is 30.4 Å². The molecule has 0 aromatic carbocycles. The Balaban J connectivity index is 2.24. The number of hydrogen-bond donors (Lipinski definition) is 2. The number of piperidine rings is 1. The lowest BCUT2D eigenvalue weighted by atomic mass is 9.97. The van der Waals surface area contributed by atoms with Crippen molar-refractivity contribution < 1.29 is 9.90 Å². The number of halogens is 1.